The largest absolute Gasteiger partial charge is 0.468 e. The van der Waals surface area contributed by atoms with Crippen LogP contribution in [0.25, 0.3) is 0 Å². The average molecular weight is 519 g/mol. The first-order chi connectivity index (χ1) is 16.4. The Hall–Kier alpha value is -1.44. The Bertz CT molecular complexity index is 793. The van der Waals surface area contributed by atoms with E-state index in [0.29, 0.717) is 0 Å². The number of methoxy groups -OCH3 is 1. The van der Waals surface area contributed by atoms with Crippen LogP contribution in [0, 0.1) is 0 Å². The molecular formula is C23H38N2O9S. The normalized spacial score (nSPS) is 32.1. The number of ether oxygens (including phenoxy) is 6. The van der Waals surface area contributed by atoms with E-state index in [1.807, 2.05) is 27.7 Å². The molecule has 3 aliphatic rings. The van der Waals surface area contributed by atoms with E-state index < -0.39 is 60.2 Å². The molecule has 7 atom stereocenters. The number of thioether (sulfide) groups is 1. The molecule has 0 radical (unpaired) electrons. The van der Waals surface area contributed by atoms with Crippen LogP contribution in [-0.4, -0.2) is 90.8 Å². The lowest BCUT2D eigenvalue weighted by Crippen LogP contribution is -2.58. The second kappa shape index (κ2) is 11.3. The Labute approximate surface area is 210 Å². The van der Waals surface area contributed by atoms with E-state index in [1.165, 1.54) is 7.11 Å². The van der Waals surface area contributed by atoms with Gasteiger partial charge in [0.15, 0.2) is 17.9 Å². The molecule has 12 heteroatoms. The molecule has 200 valence electrons. The molecule has 1 unspecified atom stereocenters. The topological polar surface area (TPSA) is 131 Å². The molecule has 0 bridgehead atoms. The minimum absolute atomic E-state index is 0.0958. The summed E-state index contributed by atoms with van der Waals surface area (Å²) in [6, 6.07) is -0.828. The third kappa shape index (κ3) is 7.07. The second-order valence-corrected chi connectivity index (χ2v) is 11.2. The summed E-state index contributed by atoms with van der Waals surface area (Å²) in [4.78, 5) is 36.4. The van der Waals surface area contributed by atoms with Crippen molar-refractivity contribution < 1.29 is 42.8 Å². The summed E-state index contributed by atoms with van der Waals surface area (Å²) < 4.78 is 35.3. The van der Waals surface area contributed by atoms with Gasteiger partial charge >= 0.3 is 5.97 Å². The molecule has 0 aromatic carbocycles. The zero-order valence-corrected chi connectivity index (χ0v) is 22.3. The molecule has 35 heavy (non-hydrogen) atoms. The van der Waals surface area contributed by atoms with Crippen LogP contribution in [0.3, 0.4) is 0 Å². The SMILES string of the molecule is CCCSC(CC(=O)N[C@@H](C)C(=O)NCC(=O)OC)[C@H]1O[C@@H]2OC(C)(C)O[C@@H]2[C@H]2OC(C)(C)O[C@H]21. The fourth-order valence-electron chi connectivity index (χ4n) is 4.41. The quantitative estimate of drug-likeness (QED) is 0.405. The van der Waals surface area contributed by atoms with Gasteiger partial charge < -0.3 is 39.1 Å². The van der Waals surface area contributed by atoms with E-state index in [2.05, 4.69) is 22.3 Å². The van der Waals surface area contributed by atoms with Gasteiger partial charge in [0.1, 0.15) is 37.0 Å². The van der Waals surface area contributed by atoms with Crippen LogP contribution in [0.4, 0.5) is 0 Å². The van der Waals surface area contributed by atoms with Gasteiger partial charge in [-0.05, 0) is 46.8 Å². The lowest BCUT2D eigenvalue weighted by atomic mass is 9.95. The Kier molecular flexibility index (Phi) is 9.09. The molecular weight excluding hydrogens is 480 g/mol. The van der Waals surface area contributed by atoms with Crippen molar-refractivity contribution in [3.63, 3.8) is 0 Å². The van der Waals surface area contributed by atoms with Gasteiger partial charge in [0.2, 0.25) is 11.8 Å². The number of rotatable bonds is 10. The first kappa shape index (κ1) is 28.1. The number of fused-ring (bicyclic) bond motifs is 3. The van der Waals surface area contributed by atoms with Crippen molar-refractivity contribution >= 4 is 29.5 Å². The van der Waals surface area contributed by atoms with Crippen LogP contribution < -0.4 is 10.6 Å². The van der Waals surface area contributed by atoms with E-state index >= 15 is 0 Å². The first-order valence-corrected chi connectivity index (χ1v) is 13.0. The smallest absolute Gasteiger partial charge is 0.325 e. The number of hydrogen-bond donors (Lipinski definition) is 2. The number of carbonyl (C=O) groups is 3. The highest BCUT2D eigenvalue weighted by Gasteiger charge is 2.61. The first-order valence-electron chi connectivity index (χ1n) is 12.0. The van der Waals surface area contributed by atoms with Crippen LogP contribution in [0.15, 0.2) is 0 Å². The molecule has 2 N–H and O–H groups in total. The molecule has 3 rings (SSSR count). The summed E-state index contributed by atoms with van der Waals surface area (Å²) in [5.41, 5.74) is 0. The number of carbonyl (C=O) groups excluding carboxylic acids is 3. The van der Waals surface area contributed by atoms with Gasteiger partial charge in [0, 0.05) is 11.7 Å². The molecule has 0 saturated carbocycles. The van der Waals surface area contributed by atoms with Crippen molar-refractivity contribution in [2.75, 3.05) is 19.4 Å². The van der Waals surface area contributed by atoms with Gasteiger partial charge in [-0.25, -0.2) is 0 Å². The van der Waals surface area contributed by atoms with Gasteiger partial charge in [-0.1, -0.05) is 6.92 Å². The van der Waals surface area contributed by atoms with Crippen molar-refractivity contribution in [2.45, 2.75) is 108 Å². The zero-order valence-electron chi connectivity index (χ0n) is 21.5. The van der Waals surface area contributed by atoms with E-state index in [1.54, 1.807) is 18.7 Å². The van der Waals surface area contributed by atoms with E-state index in [9.17, 15) is 14.4 Å². The third-order valence-corrected chi connectivity index (χ3v) is 7.39. The predicted molar refractivity (Wildman–Crippen MR) is 126 cm³/mol. The maximum absolute atomic E-state index is 12.9. The zero-order chi connectivity index (χ0) is 26.0. The minimum atomic E-state index is -0.837. The van der Waals surface area contributed by atoms with Crippen molar-refractivity contribution in [3.05, 3.63) is 0 Å². The standard InChI is InChI=1S/C23H38N2O9S/c1-8-9-35-13(10-14(26)25-12(2)20(28)24-11-15(27)29-7)16-17-18(32-22(3,4)31-17)19-21(30-16)34-23(5,6)33-19/h12-13,16-19,21H,8-11H2,1-7H3,(H,24,28)(H,25,26)/t12-,13?,16+,17-,18-,19+,21+/m0/s1. The van der Waals surface area contributed by atoms with Crippen LogP contribution in [0.1, 0.15) is 54.4 Å². The fourth-order valence-corrected chi connectivity index (χ4v) is 5.63. The van der Waals surface area contributed by atoms with E-state index in [-0.39, 0.29) is 24.1 Å². The molecule has 0 aromatic heterocycles. The van der Waals surface area contributed by atoms with Crippen LogP contribution >= 0.6 is 11.8 Å². The summed E-state index contributed by atoms with van der Waals surface area (Å²) in [6.45, 7) is 10.7. The Morgan fingerprint density at radius 3 is 2.29 bits per heavy atom. The monoisotopic (exact) mass is 518 g/mol. The highest BCUT2D eigenvalue weighted by atomic mass is 32.2. The van der Waals surface area contributed by atoms with Gasteiger partial charge in [0.05, 0.1) is 7.11 Å². The van der Waals surface area contributed by atoms with Crippen LogP contribution in [-0.2, 0) is 42.8 Å². The van der Waals surface area contributed by atoms with Crippen molar-refractivity contribution in [3.8, 4) is 0 Å². The van der Waals surface area contributed by atoms with Gasteiger partial charge in [-0.3, -0.25) is 14.4 Å². The Morgan fingerprint density at radius 1 is 1.00 bits per heavy atom. The average Bonchev–Trinajstić information content (AvgIpc) is 3.27. The summed E-state index contributed by atoms with van der Waals surface area (Å²) in [5.74, 6) is -2.23. The predicted octanol–water partition coefficient (Wildman–Crippen LogP) is 1.08. The third-order valence-electron chi connectivity index (χ3n) is 5.89. The van der Waals surface area contributed by atoms with Crippen molar-refractivity contribution in [1.82, 2.24) is 10.6 Å². The van der Waals surface area contributed by atoms with Gasteiger partial charge in [-0.2, -0.15) is 11.8 Å². The molecule has 11 nitrogen and oxygen atoms in total. The number of esters is 1. The lowest BCUT2D eigenvalue weighted by Gasteiger charge is -2.40. The molecule has 3 heterocycles. The Morgan fingerprint density at radius 2 is 1.63 bits per heavy atom. The summed E-state index contributed by atoms with van der Waals surface area (Å²) in [5, 5.41) is 4.86. The molecule has 2 amide bonds. The summed E-state index contributed by atoms with van der Waals surface area (Å²) in [7, 11) is 1.23. The van der Waals surface area contributed by atoms with Crippen LogP contribution in [0.5, 0.6) is 0 Å². The summed E-state index contributed by atoms with van der Waals surface area (Å²) >= 11 is 1.61. The van der Waals surface area contributed by atoms with Gasteiger partial charge in [0.25, 0.3) is 0 Å². The van der Waals surface area contributed by atoms with E-state index in [4.69, 9.17) is 23.7 Å². The number of hydrogen-bond acceptors (Lipinski definition) is 10. The maximum atomic E-state index is 12.9. The van der Waals surface area contributed by atoms with E-state index in [0.717, 1.165) is 12.2 Å². The number of amides is 2. The molecule has 0 aliphatic carbocycles. The van der Waals surface area contributed by atoms with Crippen molar-refractivity contribution in [2.24, 2.45) is 0 Å². The summed E-state index contributed by atoms with van der Waals surface area (Å²) in [6.07, 6.45) is -1.44. The molecule has 0 spiro atoms. The highest BCUT2D eigenvalue weighted by molar-refractivity contribution is 7.99. The minimum Gasteiger partial charge on any atom is -0.468 e. The lowest BCUT2D eigenvalue weighted by molar-refractivity contribution is -0.233. The van der Waals surface area contributed by atoms with Crippen LogP contribution in [0.2, 0.25) is 0 Å². The molecule has 3 aliphatic heterocycles. The number of nitrogens with one attached hydrogen (secondary N) is 2. The Balaban J connectivity index is 1.70. The molecule has 3 fully saturated rings. The molecule has 3 saturated heterocycles. The van der Waals surface area contributed by atoms with Gasteiger partial charge in [-0.15, -0.1) is 0 Å². The fraction of sp³-hybridized carbons (Fsp3) is 0.870. The second-order valence-electron chi connectivity index (χ2n) is 9.83. The highest BCUT2D eigenvalue weighted by Crippen LogP contribution is 2.46. The molecule has 0 aromatic rings. The maximum Gasteiger partial charge on any atom is 0.325 e. The van der Waals surface area contributed by atoms with Crippen molar-refractivity contribution in [1.29, 1.82) is 0 Å².